The van der Waals surface area contributed by atoms with Gasteiger partial charge in [0.15, 0.2) is 0 Å². The maximum Gasteiger partial charge on any atom is 0.340 e. The number of benzene rings is 1. The van der Waals surface area contributed by atoms with Crippen molar-refractivity contribution < 1.29 is 9.53 Å². The Labute approximate surface area is 118 Å². The normalized spacial score (nSPS) is 10.1. The average Bonchev–Trinajstić information content (AvgIpc) is 2.38. The molecule has 0 aliphatic heterocycles. The number of halogens is 2. The van der Waals surface area contributed by atoms with Crippen LogP contribution in [0.5, 0.6) is 0 Å². The van der Waals surface area contributed by atoms with Gasteiger partial charge in [-0.15, -0.1) is 0 Å². The van der Waals surface area contributed by atoms with Gasteiger partial charge < -0.3 is 4.74 Å². The average molecular weight is 327 g/mol. The van der Waals surface area contributed by atoms with Gasteiger partial charge in [0, 0.05) is 11.2 Å². The van der Waals surface area contributed by atoms with E-state index in [2.05, 4.69) is 20.9 Å². The third-order valence-corrected chi connectivity index (χ3v) is 2.97. The van der Waals surface area contributed by atoms with E-state index in [9.17, 15) is 4.79 Å². The SMILES string of the molecule is O=C(OCc1ccc(Cl)cc1)c1ccc(Br)nc1. The molecule has 0 radical (unpaired) electrons. The van der Waals surface area contributed by atoms with Gasteiger partial charge in [-0.25, -0.2) is 9.78 Å². The maximum atomic E-state index is 11.7. The van der Waals surface area contributed by atoms with Crippen molar-refractivity contribution in [3.63, 3.8) is 0 Å². The number of hydrogen-bond acceptors (Lipinski definition) is 3. The summed E-state index contributed by atoms with van der Waals surface area (Å²) in [5.74, 6) is -0.398. The van der Waals surface area contributed by atoms with E-state index >= 15 is 0 Å². The van der Waals surface area contributed by atoms with Crippen LogP contribution in [-0.2, 0) is 11.3 Å². The first-order valence-corrected chi connectivity index (χ1v) is 6.35. The van der Waals surface area contributed by atoms with Crippen molar-refractivity contribution in [1.29, 1.82) is 0 Å². The molecule has 0 saturated heterocycles. The van der Waals surface area contributed by atoms with Gasteiger partial charge in [0.25, 0.3) is 0 Å². The van der Waals surface area contributed by atoms with Crippen LogP contribution >= 0.6 is 27.5 Å². The molecule has 1 heterocycles. The molecule has 0 unspecified atom stereocenters. The Bertz CT molecular complexity index is 540. The van der Waals surface area contributed by atoms with Crippen molar-refractivity contribution in [2.45, 2.75) is 6.61 Å². The lowest BCUT2D eigenvalue weighted by Crippen LogP contribution is -2.05. The highest BCUT2D eigenvalue weighted by atomic mass is 79.9. The molecule has 0 atom stereocenters. The van der Waals surface area contributed by atoms with Gasteiger partial charge in [-0.2, -0.15) is 0 Å². The second kappa shape index (κ2) is 5.98. The molecule has 1 aromatic heterocycles. The molecule has 2 aromatic rings. The molecule has 0 aliphatic rings. The van der Waals surface area contributed by atoms with Crippen molar-refractivity contribution >= 4 is 33.5 Å². The molecule has 0 amide bonds. The fourth-order valence-corrected chi connectivity index (χ4v) is 1.67. The van der Waals surface area contributed by atoms with Crippen LogP contribution in [0.2, 0.25) is 5.02 Å². The van der Waals surface area contributed by atoms with Gasteiger partial charge in [0.2, 0.25) is 0 Å². The van der Waals surface area contributed by atoms with Gasteiger partial charge in [0.1, 0.15) is 11.2 Å². The Kier molecular flexibility index (Phi) is 4.33. The second-order valence-electron chi connectivity index (χ2n) is 3.57. The summed E-state index contributed by atoms with van der Waals surface area (Å²) in [6.45, 7) is 0.214. The summed E-state index contributed by atoms with van der Waals surface area (Å²) in [5.41, 5.74) is 1.31. The first-order chi connectivity index (χ1) is 8.65. The zero-order chi connectivity index (χ0) is 13.0. The summed E-state index contributed by atoms with van der Waals surface area (Å²) in [4.78, 5) is 15.7. The Hall–Kier alpha value is -1.39. The number of ether oxygens (including phenoxy) is 1. The van der Waals surface area contributed by atoms with E-state index in [1.54, 1.807) is 24.3 Å². The van der Waals surface area contributed by atoms with Crippen molar-refractivity contribution in [1.82, 2.24) is 4.98 Å². The number of nitrogens with zero attached hydrogens (tertiary/aromatic N) is 1. The van der Waals surface area contributed by atoms with Crippen molar-refractivity contribution in [3.05, 3.63) is 63.3 Å². The molecule has 0 aliphatic carbocycles. The zero-order valence-corrected chi connectivity index (χ0v) is 11.6. The molecular formula is C13H9BrClNO2. The Morgan fingerprint density at radius 1 is 1.22 bits per heavy atom. The second-order valence-corrected chi connectivity index (χ2v) is 4.82. The monoisotopic (exact) mass is 325 g/mol. The molecule has 0 N–H and O–H groups in total. The Morgan fingerprint density at radius 2 is 1.94 bits per heavy atom. The smallest absolute Gasteiger partial charge is 0.340 e. The predicted octanol–water partition coefficient (Wildman–Crippen LogP) is 3.85. The lowest BCUT2D eigenvalue weighted by atomic mass is 10.2. The number of rotatable bonds is 3. The van der Waals surface area contributed by atoms with Crippen LogP contribution in [0.25, 0.3) is 0 Å². The van der Waals surface area contributed by atoms with Crippen molar-refractivity contribution in [2.24, 2.45) is 0 Å². The molecule has 0 spiro atoms. The number of esters is 1. The van der Waals surface area contributed by atoms with Gasteiger partial charge >= 0.3 is 5.97 Å². The number of pyridine rings is 1. The van der Waals surface area contributed by atoms with Crippen LogP contribution in [0.4, 0.5) is 0 Å². The first kappa shape index (κ1) is 13.1. The summed E-state index contributed by atoms with van der Waals surface area (Å²) >= 11 is 8.97. The van der Waals surface area contributed by atoms with Crippen LogP contribution in [0.3, 0.4) is 0 Å². The molecule has 0 fully saturated rings. The van der Waals surface area contributed by atoms with Crippen LogP contribution < -0.4 is 0 Å². The highest BCUT2D eigenvalue weighted by Crippen LogP contribution is 2.12. The van der Waals surface area contributed by atoms with E-state index in [0.29, 0.717) is 15.2 Å². The summed E-state index contributed by atoms with van der Waals surface area (Å²) < 4.78 is 5.83. The van der Waals surface area contributed by atoms with E-state index < -0.39 is 5.97 Å². The maximum absolute atomic E-state index is 11.7. The largest absolute Gasteiger partial charge is 0.457 e. The van der Waals surface area contributed by atoms with E-state index in [1.807, 2.05) is 12.1 Å². The minimum absolute atomic E-state index is 0.214. The van der Waals surface area contributed by atoms with Gasteiger partial charge in [-0.1, -0.05) is 23.7 Å². The predicted molar refractivity (Wildman–Crippen MR) is 72.5 cm³/mol. The fraction of sp³-hybridized carbons (Fsp3) is 0.0769. The van der Waals surface area contributed by atoms with Crippen LogP contribution in [0.1, 0.15) is 15.9 Å². The number of carbonyl (C=O) groups excluding carboxylic acids is 1. The minimum Gasteiger partial charge on any atom is -0.457 e. The Morgan fingerprint density at radius 3 is 2.56 bits per heavy atom. The number of aromatic nitrogens is 1. The third kappa shape index (κ3) is 3.55. The van der Waals surface area contributed by atoms with Crippen LogP contribution in [-0.4, -0.2) is 11.0 Å². The van der Waals surface area contributed by atoms with Crippen molar-refractivity contribution in [3.8, 4) is 0 Å². The first-order valence-electron chi connectivity index (χ1n) is 5.18. The zero-order valence-electron chi connectivity index (χ0n) is 9.27. The molecule has 2 rings (SSSR count). The van der Waals surface area contributed by atoms with E-state index in [1.165, 1.54) is 6.20 Å². The molecule has 0 bridgehead atoms. The molecule has 0 saturated carbocycles. The van der Waals surface area contributed by atoms with E-state index in [4.69, 9.17) is 16.3 Å². The molecule has 5 heteroatoms. The highest BCUT2D eigenvalue weighted by Gasteiger charge is 2.07. The van der Waals surface area contributed by atoms with Crippen LogP contribution in [0.15, 0.2) is 47.2 Å². The molecular weight excluding hydrogens is 318 g/mol. The van der Waals surface area contributed by atoms with Gasteiger partial charge in [-0.05, 0) is 45.8 Å². The van der Waals surface area contributed by atoms with Crippen molar-refractivity contribution in [2.75, 3.05) is 0 Å². The topological polar surface area (TPSA) is 39.2 Å². The number of carbonyl (C=O) groups is 1. The highest BCUT2D eigenvalue weighted by molar-refractivity contribution is 9.10. The third-order valence-electron chi connectivity index (χ3n) is 2.25. The van der Waals surface area contributed by atoms with E-state index in [0.717, 1.165) is 5.56 Å². The summed E-state index contributed by atoms with van der Waals surface area (Å²) in [7, 11) is 0. The fourth-order valence-electron chi connectivity index (χ4n) is 1.31. The Balaban J connectivity index is 1.96. The minimum atomic E-state index is -0.398. The van der Waals surface area contributed by atoms with E-state index in [-0.39, 0.29) is 6.61 Å². The lowest BCUT2D eigenvalue weighted by Gasteiger charge is -2.04. The number of hydrogen-bond donors (Lipinski definition) is 0. The summed E-state index contributed by atoms with van der Waals surface area (Å²) in [5, 5.41) is 0.655. The molecule has 92 valence electrons. The molecule has 3 nitrogen and oxygen atoms in total. The van der Waals surface area contributed by atoms with Gasteiger partial charge in [-0.3, -0.25) is 0 Å². The van der Waals surface area contributed by atoms with Crippen LogP contribution in [0, 0.1) is 0 Å². The molecule has 1 aromatic carbocycles. The standard InChI is InChI=1S/C13H9BrClNO2/c14-12-6-3-10(7-16-12)13(17)18-8-9-1-4-11(15)5-2-9/h1-7H,8H2. The quantitative estimate of drug-likeness (QED) is 0.635. The van der Waals surface area contributed by atoms with Gasteiger partial charge in [0.05, 0.1) is 5.56 Å². The summed E-state index contributed by atoms with van der Waals surface area (Å²) in [6.07, 6.45) is 1.47. The summed E-state index contributed by atoms with van der Waals surface area (Å²) in [6, 6.07) is 10.5. The molecule has 18 heavy (non-hydrogen) atoms. The lowest BCUT2D eigenvalue weighted by molar-refractivity contribution is 0.0472.